The molecule has 23 nitrogen and oxygen atoms in total. The lowest BCUT2D eigenvalue weighted by atomic mass is 9.79. The predicted molar refractivity (Wildman–Crippen MR) is 372 cm³/mol. The Morgan fingerprint density at radius 2 is 0.938 bits per heavy atom. The van der Waals surface area contributed by atoms with Crippen LogP contribution in [0.25, 0.3) is 22.6 Å². The van der Waals surface area contributed by atoms with Gasteiger partial charge in [0.05, 0.1) is 29.5 Å². The Morgan fingerprint density at radius 1 is 0.469 bits per heavy atom. The van der Waals surface area contributed by atoms with Gasteiger partial charge < -0.3 is 41.3 Å². The predicted octanol–water partition coefficient (Wildman–Crippen LogP) is 17.3. The van der Waals surface area contributed by atoms with Crippen LogP contribution in [0.4, 0.5) is 83.0 Å². The van der Waals surface area contributed by atoms with Crippen molar-refractivity contribution in [2.24, 2.45) is 0 Å². The van der Waals surface area contributed by atoms with Gasteiger partial charge in [0.25, 0.3) is 0 Å². The number of nitrogens with zero attached hydrogens (tertiary/aromatic N) is 12. The van der Waals surface area contributed by atoms with Crippen molar-refractivity contribution in [3.8, 4) is 22.6 Å². The van der Waals surface area contributed by atoms with Crippen molar-refractivity contribution < 1.29 is 17.7 Å². The number of aryl methyl sites for hydroxylation is 11. The zero-order valence-corrected chi connectivity index (χ0v) is 56.8. The molecule has 2 fully saturated rings. The monoisotopic (exact) mass is 1340 g/mol. The standard InChI is InChI=1S/C28H36F3N7.C20H21ClN8.C20H20ClN7O/c1-17-14-24(18(2)13-22(17)20-7-9-21(10-8-20)38-11-5-4-6-12-38)33-27-32-16-23(28(29,30)31)26(35-27)34-25-15-19(3)36-37-25;1-10-6-16(11(2)5-14(10)17-7-12(3)26-28-17)23-20-22-9-15(21)19(25-20)24-18-8-13(4)27-29-18;1-10-6-16(11(2)5-14(10)17-7-13(4)28-29-17)23-20-22-9-15(21)19(25-20)24-18-8-12(3)26-27-18/h13-16,20-21H,4-12H2,1-3H3,(H3,32,33,34,35,36,37);5-9H,1-4H3,(H,26,28)(H3,22,23,24,25,27,29);5-9H,1-4H3,(H3,22,23,24,25,26,27)/t20-,21+;;. The van der Waals surface area contributed by atoms with E-state index in [-0.39, 0.29) is 17.6 Å². The van der Waals surface area contributed by atoms with E-state index in [2.05, 4.69) is 157 Å². The Bertz CT molecular complexity index is 4330. The van der Waals surface area contributed by atoms with E-state index in [0.717, 1.165) is 108 Å². The van der Waals surface area contributed by atoms with E-state index in [0.29, 0.717) is 51.1 Å². The fourth-order valence-corrected chi connectivity index (χ4v) is 12.2. The molecule has 11 aromatic rings. The zero-order valence-electron chi connectivity index (χ0n) is 55.3. The Kier molecular flexibility index (Phi) is 20.7. The number of likely N-dealkylation sites (tertiary alicyclic amines) is 1. The fourth-order valence-electron chi connectivity index (χ4n) is 11.9. The number of H-pyrrole nitrogens is 4. The van der Waals surface area contributed by atoms with Crippen LogP contribution in [0.15, 0.2) is 89.8 Å². The topological polar surface area (TPSA) is 294 Å². The molecule has 1 saturated carbocycles. The van der Waals surface area contributed by atoms with Gasteiger partial charge in [0.2, 0.25) is 17.8 Å². The van der Waals surface area contributed by atoms with Crippen molar-refractivity contribution in [1.82, 2.24) is 80.7 Å². The van der Waals surface area contributed by atoms with Gasteiger partial charge in [0.15, 0.2) is 34.8 Å². The lowest BCUT2D eigenvalue weighted by Crippen LogP contribution is -2.41. The van der Waals surface area contributed by atoms with Crippen molar-refractivity contribution in [3.63, 3.8) is 0 Å². The number of halogens is 5. The molecule has 28 heteroatoms. The first kappa shape index (κ1) is 67.5. The molecule has 10 N–H and O–H groups in total. The van der Waals surface area contributed by atoms with Crippen molar-refractivity contribution in [3.05, 3.63) is 168 Å². The van der Waals surface area contributed by atoms with Crippen LogP contribution < -0.4 is 31.9 Å². The van der Waals surface area contributed by atoms with Crippen LogP contribution in [-0.4, -0.2) is 99.9 Å². The quantitative estimate of drug-likeness (QED) is 0.0430. The molecule has 2 aliphatic rings. The van der Waals surface area contributed by atoms with Crippen molar-refractivity contribution >= 4 is 93.0 Å². The first-order valence-corrected chi connectivity index (χ1v) is 32.4. The van der Waals surface area contributed by atoms with Crippen LogP contribution >= 0.6 is 23.2 Å². The number of rotatable bonds is 16. The zero-order chi connectivity index (χ0) is 67.9. The fraction of sp³-hybridized carbons (Fsp3) is 0.338. The summed E-state index contributed by atoms with van der Waals surface area (Å²) < 4.78 is 46.2. The van der Waals surface area contributed by atoms with Crippen LogP contribution in [0.2, 0.25) is 10.0 Å². The third-order valence-corrected chi connectivity index (χ3v) is 17.4. The van der Waals surface area contributed by atoms with Gasteiger partial charge in [-0.3, -0.25) is 20.4 Å². The number of benzene rings is 3. The number of aromatic nitrogens is 15. The smallest absolute Gasteiger partial charge is 0.356 e. The van der Waals surface area contributed by atoms with E-state index in [1.54, 1.807) is 25.4 Å². The summed E-state index contributed by atoms with van der Waals surface area (Å²) in [5, 5.41) is 51.3. The molecule has 1 aliphatic heterocycles. The maximum absolute atomic E-state index is 13.6. The molecular formula is C68H77Cl2F3N22O. The molecule has 0 radical (unpaired) electrons. The normalized spacial score (nSPS) is 14.9. The van der Waals surface area contributed by atoms with E-state index in [9.17, 15) is 13.2 Å². The highest BCUT2D eigenvalue weighted by Gasteiger charge is 2.36. The molecule has 13 rings (SSSR count). The Hall–Kier alpha value is -9.92. The van der Waals surface area contributed by atoms with E-state index < -0.39 is 11.7 Å². The molecular weight excluding hydrogens is 1270 g/mol. The summed E-state index contributed by atoms with van der Waals surface area (Å²) in [6.45, 7) is 24.2. The maximum atomic E-state index is 13.6. The Morgan fingerprint density at radius 3 is 1.41 bits per heavy atom. The number of hydrogen-bond acceptors (Lipinski definition) is 19. The van der Waals surface area contributed by atoms with E-state index in [1.165, 1.54) is 69.2 Å². The van der Waals surface area contributed by atoms with Crippen LogP contribution in [-0.2, 0) is 6.18 Å². The second kappa shape index (κ2) is 29.4. The van der Waals surface area contributed by atoms with Crippen molar-refractivity contribution in [2.75, 3.05) is 45.0 Å². The molecule has 8 aromatic heterocycles. The summed E-state index contributed by atoms with van der Waals surface area (Å²) in [4.78, 5) is 28.4. The Labute approximate surface area is 563 Å². The molecule has 1 saturated heterocycles. The molecule has 96 heavy (non-hydrogen) atoms. The SMILES string of the molecule is Cc1cc(-c2cc(C)c(Nc3ncc(Cl)c(Nc4cc(C)[nH]n4)n3)cc2C)[nH]n1.Cc1cc(-c2cc(C)c(Nc3ncc(Cl)c(Nc4cc(C)[nH]n4)n3)cc2C)on1.Cc1cc(Nc2nc(Nc3cc(C)c([C@H]4CC[C@@H](N5CCCCC5)CC4)cc3C)ncc2C(F)(F)F)n[nH]1. The first-order chi connectivity index (χ1) is 45.9. The molecule has 0 amide bonds. The first-order valence-electron chi connectivity index (χ1n) is 31.7. The highest BCUT2D eigenvalue weighted by Crippen LogP contribution is 2.41. The van der Waals surface area contributed by atoms with Crippen molar-refractivity contribution in [2.45, 2.75) is 139 Å². The Balaban J connectivity index is 0.000000148. The molecule has 3 aromatic carbocycles. The summed E-state index contributed by atoms with van der Waals surface area (Å²) in [5.41, 5.74) is 17.0. The highest BCUT2D eigenvalue weighted by molar-refractivity contribution is 6.33. The summed E-state index contributed by atoms with van der Waals surface area (Å²) in [7, 11) is 0. The van der Waals surface area contributed by atoms with Gasteiger partial charge in [0, 0.05) is 81.8 Å². The van der Waals surface area contributed by atoms with Gasteiger partial charge in [-0.1, -0.05) is 40.8 Å². The van der Waals surface area contributed by atoms with Crippen LogP contribution in [0.3, 0.4) is 0 Å². The minimum atomic E-state index is -4.60. The van der Waals surface area contributed by atoms with Gasteiger partial charge in [-0.15, -0.1) is 0 Å². The molecule has 0 spiro atoms. The molecule has 500 valence electrons. The molecule has 0 unspecified atom stereocenters. The van der Waals surface area contributed by atoms with Crippen LogP contribution in [0.5, 0.6) is 0 Å². The van der Waals surface area contributed by atoms with Gasteiger partial charge in [-0.05, 0) is 209 Å². The van der Waals surface area contributed by atoms with Gasteiger partial charge in [-0.25, -0.2) is 15.0 Å². The van der Waals surface area contributed by atoms with Crippen molar-refractivity contribution in [1.29, 1.82) is 0 Å². The largest absolute Gasteiger partial charge is 0.421 e. The number of aromatic amines is 4. The second-order valence-electron chi connectivity index (χ2n) is 24.6. The van der Waals surface area contributed by atoms with E-state index in [4.69, 9.17) is 27.7 Å². The summed E-state index contributed by atoms with van der Waals surface area (Å²) >= 11 is 12.5. The lowest BCUT2D eigenvalue weighted by Gasteiger charge is -2.39. The summed E-state index contributed by atoms with van der Waals surface area (Å²) in [6, 6.07) is 22.6. The number of anilines is 12. The maximum Gasteiger partial charge on any atom is 0.421 e. The third kappa shape index (κ3) is 16.8. The van der Waals surface area contributed by atoms with Gasteiger partial charge in [-0.2, -0.15) is 48.5 Å². The number of piperidine rings is 1. The molecule has 0 atom stereocenters. The average molecular weight is 1350 g/mol. The molecule has 0 bridgehead atoms. The molecule has 9 heterocycles. The van der Waals surface area contributed by atoms with Crippen LogP contribution in [0.1, 0.15) is 124 Å². The highest BCUT2D eigenvalue weighted by atomic mass is 35.5. The third-order valence-electron chi connectivity index (χ3n) is 16.9. The second-order valence-corrected chi connectivity index (χ2v) is 25.5. The minimum Gasteiger partial charge on any atom is -0.356 e. The number of nitrogens with one attached hydrogen (secondary N) is 10. The minimum absolute atomic E-state index is 0.0880. The molecule has 1 aliphatic carbocycles. The summed E-state index contributed by atoms with van der Waals surface area (Å²) in [5.74, 6) is 4.37. The number of hydrogen-bond donors (Lipinski definition) is 10. The average Bonchev–Trinajstić information content (AvgIpc) is 1.14. The van der Waals surface area contributed by atoms with Gasteiger partial charge in [0.1, 0.15) is 21.4 Å². The number of alkyl halides is 3. The van der Waals surface area contributed by atoms with E-state index in [1.807, 2.05) is 85.7 Å². The van der Waals surface area contributed by atoms with Gasteiger partial charge >= 0.3 is 6.18 Å². The lowest BCUT2D eigenvalue weighted by molar-refractivity contribution is -0.137. The van der Waals surface area contributed by atoms with E-state index >= 15 is 0 Å². The summed E-state index contributed by atoms with van der Waals surface area (Å²) in [6.07, 6.45) is 8.20. The van der Waals surface area contributed by atoms with Crippen LogP contribution in [0, 0.1) is 76.2 Å².